The second-order valence-electron chi connectivity index (χ2n) is 6.84. The minimum atomic E-state index is 0.496. The van der Waals surface area contributed by atoms with Crippen molar-refractivity contribution in [3.63, 3.8) is 0 Å². The van der Waals surface area contributed by atoms with Crippen LogP contribution >= 0.6 is 11.8 Å². The van der Waals surface area contributed by atoms with Gasteiger partial charge >= 0.3 is 0 Å². The predicted octanol–water partition coefficient (Wildman–Crippen LogP) is 5.08. The van der Waals surface area contributed by atoms with E-state index in [2.05, 4.69) is 67.5 Å². The highest BCUT2D eigenvalue weighted by molar-refractivity contribution is 8.00. The van der Waals surface area contributed by atoms with Gasteiger partial charge in [-0.1, -0.05) is 63.4 Å². The molecule has 1 aliphatic rings. The summed E-state index contributed by atoms with van der Waals surface area (Å²) >= 11 is 2.09. The molecule has 2 heteroatoms. The highest BCUT2D eigenvalue weighted by Crippen LogP contribution is 2.38. The molecule has 0 aliphatic heterocycles. The van der Waals surface area contributed by atoms with Crippen molar-refractivity contribution in [2.24, 2.45) is 5.92 Å². The van der Waals surface area contributed by atoms with Crippen LogP contribution < -0.4 is 5.32 Å². The van der Waals surface area contributed by atoms with E-state index in [0.29, 0.717) is 16.6 Å². The molecule has 1 N–H and O–H groups in total. The maximum atomic E-state index is 3.81. The molecule has 1 unspecified atom stereocenters. The lowest BCUT2D eigenvalue weighted by Gasteiger charge is -2.36. The van der Waals surface area contributed by atoms with Crippen molar-refractivity contribution in [2.75, 3.05) is 19.3 Å². The lowest BCUT2D eigenvalue weighted by molar-refractivity contribution is 0.366. The monoisotopic (exact) mass is 305 g/mol. The zero-order valence-corrected chi connectivity index (χ0v) is 14.7. The van der Waals surface area contributed by atoms with E-state index in [1.807, 2.05) is 0 Å². The second-order valence-corrected chi connectivity index (χ2v) is 8.11. The Morgan fingerprint density at radius 2 is 1.76 bits per heavy atom. The van der Waals surface area contributed by atoms with Crippen molar-refractivity contribution < 1.29 is 0 Å². The van der Waals surface area contributed by atoms with E-state index in [-0.39, 0.29) is 0 Å². The molecule has 0 saturated heterocycles. The van der Waals surface area contributed by atoms with E-state index in [1.54, 1.807) is 0 Å². The molecule has 1 atom stereocenters. The first kappa shape index (κ1) is 16.9. The van der Waals surface area contributed by atoms with Gasteiger partial charge in [-0.2, -0.15) is 11.8 Å². The fraction of sp³-hybridized carbons (Fsp3) is 0.684. The van der Waals surface area contributed by atoms with Gasteiger partial charge in [0, 0.05) is 17.8 Å². The van der Waals surface area contributed by atoms with Crippen LogP contribution in [0.25, 0.3) is 0 Å². The van der Waals surface area contributed by atoms with Crippen molar-refractivity contribution >= 4 is 11.8 Å². The Kier molecular flexibility index (Phi) is 6.63. The van der Waals surface area contributed by atoms with Crippen LogP contribution in [0.5, 0.6) is 0 Å². The first-order valence-corrected chi connectivity index (χ1v) is 9.70. The van der Waals surface area contributed by atoms with Gasteiger partial charge in [0.1, 0.15) is 0 Å². The van der Waals surface area contributed by atoms with Crippen LogP contribution in [0.15, 0.2) is 30.3 Å². The van der Waals surface area contributed by atoms with Crippen LogP contribution in [0.1, 0.15) is 57.4 Å². The molecule has 0 spiro atoms. The zero-order chi connectivity index (χ0) is 15.1. The van der Waals surface area contributed by atoms with E-state index >= 15 is 0 Å². The SMILES string of the molecule is CSC1(CNCC(c2ccccc2)C(C)C)CCCCC1. The summed E-state index contributed by atoms with van der Waals surface area (Å²) in [4.78, 5) is 0. The third kappa shape index (κ3) is 4.75. The highest BCUT2D eigenvalue weighted by atomic mass is 32.2. The van der Waals surface area contributed by atoms with Gasteiger partial charge < -0.3 is 5.32 Å². The summed E-state index contributed by atoms with van der Waals surface area (Å²) in [6, 6.07) is 11.0. The number of rotatable bonds is 7. The lowest BCUT2D eigenvalue weighted by Crippen LogP contribution is -2.41. The van der Waals surface area contributed by atoms with Crippen molar-refractivity contribution in [2.45, 2.75) is 56.6 Å². The van der Waals surface area contributed by atoms with Gasteiger partial charge in [0.2, 0.25) is 0 Å². The second kappa shape index (κ2) is 8.24. The topological polar surface area (TPSA) is 12.0 Å². The van der Waals surface area contributed by atoms with Crippen LogP contribution in [0.3, 0.4) is 0 Å². The van der Waals surface area contributed by atoms with Crippen molar-refractivity contribution in [1.82, 2.24) is 5.32 Å². The molecule has 1 aromatic rings. The first-order chi connectivity index (χ1) is 10.2. The van der Waals surface area contributed by atoms with Gasteiger partial charge in [-0.15, -0.1) is 0 Å². The fourth-order valence-corrected chi connectivity index (χ4v) is 4.49. The lowest BCUT2D eigenvalue weighted by atomic mass is 9.86. The van der Waals surface area contributed by atoms with E-state index < -0.39 is 0 Å². The Hall–Kier alpha value is -0.470. The molecule has 0 radical (unpaired) electrons. The van der Waals surface area contributed by atoms with Gasteiger partial charge in [0.25, 0.3) is 0 Å². The Balaban J connectivity index is 1.90. The Labute approximate surface area is 135 Å². The average Bonchev–Trinajstić information content (AvgIpc) is 2.53. The number of benzene rings is 1. The summed E-state index contributed by atoms with van der Waals surface area (Å²) in [5.74, 6) is 1.30. The first-order valence-electron chi connectivity index (χ1n) is 8.48. The van der Waals surface area contributed by atoms with Gasteiger partial charge in [-0.05, 0) is 36.5 Å². The number of nitrogens with one attached hydrogen (secondary N) is 1. The number of hydrogen-bond donors (Lipinski definition) is 1. The van der Waals surface area contributed by atoms with E-state index in [4.69, 9.17) is 0 Å². The van der Waals surface area contributed by atoms with Crippen molar-refractivity contribution in [3.8, 4) is 0 Å². The summed E-state index contributed by atoms with van der Waals surface area (Å²) in [6.45, 7) is 6.95. The Bertz CT molecular complexity index is 395. The predicted molar refractivity (Wildman–Crippen MR) is 96.2 cm³/mol. The quantitative estimate of drug-likeness (QED) is 0.753. The standard InChI is InChI=1S/C19H31NS/c1-16(2)18(17-10-6-4-7-11-17)14-20-15-19(21-3)12-8-5-9-13-19/h4,6-7,10-11,16,18,20H,5,8-9,12-15H2,1-3H3. The molecule has 118 valence electrons. The van der Waals surface area contributed by atoms with Crippen LogP contribution in [-0.2, 0) is 0 Å². The summed E-state index contributed by atoms with van der Waals surface area (Å²) < 4.78 is 0.496. The fourth-order valence-electron chi connectivity index (χ4n) is 3.54. The van der Waals surface area contributed by atoms with E-state index in [9.17, 15) is 0 Å². The Morgan fingerprint density at radius 3 is 2.33 bits per heavy atom. The van der Waals surface area contributed by atoms with Gasteiger partial charge in [0.05, 0.1) is 0 Å². The minimum absolute atomic E-state index is 0.496. The molecular weight excluding hydrogens is 274 g/mol. The van der Waals surface area contributed by atoms with Gasteiger partial charge in [-0.3, -0.25) is 0 Å². The maximum absolute atomic E-state index is 3.81. The molecule has 0 heterocycles. The molecule has 1 saturated carbocycles. The molecule has 0 bridgehead atoms. The molecule has 1 aromatic carbocycles. The third-order valence-electron chi connectivity index (χ3n) is 5.04. The Morgan fingerprint density at radius 1 is 1.10 bits per heavy atom. The average molecular weight is 306 g/mol. The maximum Gasteiger partial charge on any atom is 0.0281 e. The molecule has 1 nitrogen and oxygen atoms in total. The van der Waals surface area contributed by atoms with Crippen LogP contribution in [0, 0.1) is 5.92 Å². The van der Waals surface area contributed by atoms with E-state index in [1.165, 1.54) is 44.2 Å². The zero-order valence-electron chi connectivity index (χ0n) is 13.9. The summed E-state index contributed by atoms with van der Waals surface area (Å²) in [6.07, 6.45) is 9.33. The molecule has 0 amide bonds. The smallest absolute Gasteiger partial charge is 0.0281 e. The van der Waals surface area contributed by atoms with Gasteiger partial charge in [0.15, 0.2) is 0 Å². The molecule has 1 fully saturated rings. The van der Waals surface area contributed by atoms with Crippen LogP contribution in [-0.4, -0.2) is 24.1 Å². The van der Waals surface area contributed by atoms with Crippen LogP contribution in [0.2, 0.25) is 0 Å². The number of thioether (sulfide) groups is 1. The number of hydrogen-bond acceptors (Lipinski definition) is 2. The van der Waals surface area contributed by atoms with E-state index in [0.717, 1.165) is 6.54 Å². The van der Waals surface area contributed by atoms with Gasteiger partial charge in [-0.25, -0.2) is 0 Å². The van der Waals surface area contributed by atoms with Crippen molar-refractivity contribution in [1.29, 1.82) is 0 Å². The minimum Gasteiger partial charge on any atom is -0.315 e. The summed E-state index contributed by atoms with van der Waals surface area (Å²) in [5.41, 5.74) is 1.47. The molecule has 0 aromatic heterocycles. The summed E-state index contributed by atoms with van der Waals surface area (Å²) in [7, 11) is 0. The molecule has 2 rings (SSSR count). The largest absolute Gasteiger partial charge is 0.315 e. The van der Waals surface area contributed by atoms with Crippen LogP contribution in [0.4, 0.5) is 0 Å². The third-order valence-corrected chi connectivity index (χ3v) is 6.46. The normalized spacial score (nSPS) is 19.6. The summed E-state index contributed by atoms with van der Waals surface area (Å²) in [5, 5.41) is 3.81. The highest BCUT2D eigenvalue weighted by Gasteiger charge is 2.31. The molecule has 1 aliphatic carbocycles. The molecular formula is C19H31NS. The molecule has 21 heavy (non-hydrogen) atoms. The van der Waals surface area contributed by atoms with Crippen molar-refractivity contribution in [3.05, 3.63) is 35.9 Å².